The average molecular weight is 218 g/mol. The fourth-order valence-corrected chi connectivity index (χ4v) is 1.57. The minimum atomic E-state index is -0.363. The van der Waals surface area contributed by atoms with Crippen molar-refractivity contribution in [2.24, 2.45) is 0 Å². The van der Waals surface area contributed by atoms with Crippen LogP contribution in [0.1, 0.15) is 30.5 Å². The first kappa shape index (κ1) is 12.5. The van der Waals surface area contributed by atoms with Crippen molar-refractivity contribution in [2.45, 2.75) is 34.1 Å². The molecule has 0 atom stereocenters. The van der Waals surface area contributed by atoms with E-state index in [1.54, 1.807) is 6.92 Å². The summed E-state index contributed by atoms with van der Waals surface area (Å²) in [7, 11) is 0. The molecule has 0 radical (unpaired) electrons. The molecular weight excluding hydrogens is 200 g/mol. The number of hydrogen-bond acceptors (Lipinski definition) is 2. The van der Waals surface area contributed by atoms with Gasteiger partial charge >= 0.3 is 5.97 Å². The Morgan fingerprint density at radius 2 is 2.00 bits per heavy atom. The first-order valence-corrected chi connectivity index (χ1v) is 5.44. The summed E-state index contributed by atoms with van der Waals surface area (Å²) in [6.45, 7) is 11.4. The molecule has 0 spiro atoms. The number of carbonyl (C=O) groups excluding carboxylic acids is 1. The number of carbonyl (C=O) groups is 1. The van der Waals surface area contributed by atoms with Crippen molar-refractivity contribution in [3.8, 4) is 5.75 Å². The second-order valence-corrected chi connectivity index (χ2v) is 4.01. The summed E-state index contributed by atoms with van der Waals surface area (Å²) in [6, 6.07) is 3.82. The van der Waals surface area contributed by atoms with Crippen molar-refractivity contribution in [1.29, 1.82) is 0 Å². The normalized spacial score (nSPS) is 10.0. The van der Waals surface area contributed by atoms with E-state index in [9.17, 15) is 4.79 Å². The predicted octanol–water partition coefficient (Wildman–Crippen LogP) is 3.35. The monoisotopic (exact) mass is 218 g/mol. The van der Waals surface area contributed by atoms with Crippen LogP contribution < -0.4 is 4.74 Å². The second kappa shape index (κ2) is 4.97. The van der Waals surface area contributed by atoms with Crippen LogP contribution in [0.5, 0.6) is 5.75 Å². The lowest BCUT2D eigenvalue weighted by Crippen LogP contribution is -2.10. The van der Waals surface area contributed by atoms with Gasteiger partial charge in [-0.25, -0.2) is 4.79 Å². The summed E-state index contributed by atoms with van der Waals surface area (Å²) in [4.78, 5) is 11.5. The molecule has 0 aliphatic carbocycles. The van der Waals surface area contributed by atoms with Crippen molar-refractivity contribution in [3.05, 3.63) is 41.0 Å². The van der Waals surface area contributed by atoms with Crippen LogP contribution in [0.2, 0.25) is 0 Å². The highest BCUT2D eigenvalue weighted by Crippen LogP contribution is 2.25. The molecule has 86 valence electrons. The summed E-state index contributed by atoms with van der Waals surface area (Å²) in [5.74, 6) is 0.288. The topological polar surface area (TPSA) is 26.3 Å². The van der Waals surface area contributed by atoms with E-state index in [0.717, 1.165) is 12.0 Å². The quantitative estimate of drug-likeness (QED) is 0.442. The summed E-state index contributed by atoms with van der Waals surface area (Å²) in [6.07, 6.45) is 0.853. The number of esters is 1. The van der Waals surface area contributed by atoms with Crippen LogP contribution in [0.25, 0.3) is 0 Å². The fraction of sp³-hybridized carbons (Fsp3) is 0.357. The maximum absolute atomic E-state index is 11.5. The van der Waals surface area contributed by atoms with Gasteiger partial charge in [-0.1, -0.05) is 19.6 Å². The average Bonchev–Trinajstić information content (AvgIpc) is 2.23. The molecule has 0 saturated carbocycles. The summed E-state index contributed by atoms with van der Waals surface area (Å²) in [5, 5.41) is 0. The number of aryl methyl sites for hydroxylation is 1. The highest BCUT2D eigenvalue weighted by molar-refractivity contribution is 5.89. The first-order chi connectivity index (χ1) is 7.47. The van der Waals surface area contributed by atoms with Gasteiger partial charge in [-0.2, -0.15) is 0 Å². The lowest BCUT2D eigenvalue weighted by molar-refractivity contribution is -0.130. The minimum Gasteiger partial charge on any atom is -0.423 e. The van der Waals surface area contributed by atoms with Crippen molar-refractivity contribution >= 4 is 5.97 Å². The smallest absolute Gasteiger partial charge is 0.338 e. The lowest BCUT2D eigenvalue weighted by atomic mass is 10.0. The standard InChI is InChI=1S/C14H18O2/c1-6-12-11(5)10(4)7-8-13(12)16-14(15)9(2)3/h7-8H,2,6H2,1,3-5H3. The van der Waals surface area contributed by atoms with Crippen LogP contribution in [0.15, 0.2) is 24.3 Å². The highest BCUT2D eigenvalue weighted by atomic mass is 16.5. The van der Waals surface area contributed by atoms with Crippen molar-refractivity contribution in [2.75, 3.05) is 0 Å². The van der Waals surface area contributed by atoms with E-state index in [2.05, 4.69) is 20.4 Å². The fourth-order valence-electron chi connectivity index (χ4n) is 1.57. The van der Waals surface area contributed by atoms with E-state index >= 15 is 0 Å². The Balaban J connectivity index is 3.10. The Bertz CT molecular complexity index is 431. The van der Waals surface area contributed by atoms with Crippen LogP contribution in [0, 0.1) is 13.8 Å². The Hall–Kier alpha value is -1.57. The molecular formula is C14H18O2. The molecule has 0 saturated heterocycles. The van der Waals surface area contributed by atoms with Crippen LogP contribution in [0.4, 0.5) is 0 Å². The van der Waals surface area contributed by atoms with Gasteiger partial charge in [0.05, 0.1) is 0 Å². The Kier molecular flexibility index (Phi) is 3.88. The number of ether oxygens (including phenoxy) is 1. The molecule has 0 aliphatic heterocycles. The molecule has 0 aliphatic rings. The maximum atomic E-state index is 11.5. The molecule has 16 heavy (non-hydrogen) atoms. The molecule has 0 unspecified atom stereocenters. The summed E-state index contributed by atoms with van der Waals surface area (Å²) < 4.78 is 5.30. The van der Waals surface area contributed by atoms with E-state index in [1.807, 2.05) is 19.1 Å². The molecule has 0 aromatic heterocycles. The molecule has 0 fully saturated rings. The van der Waals surface area contributed by atoms with Gasteiger partial charge in [0, 0.05) is 5.57 Å². The number of hydrogen-bond donors (Lipinski definition) is 0. The van der Waals surface area contributed by atoms with Gasteiger partial charge < -0.3 is 4.74 Å². The molecule has 0 bridgehead atoms. The van der Waals surface area contributed by atoms with E-state index in [-0.39, 0.29) is 5.97 Å². The van der Waals surface area contributed by atoms with Gasteiger partial charge in [0.2, 0.25) is 0 Å². The molecule has 2 nitrogen and oxygen atoms in total. The largest absolute Gasteiger partial charge is 0.423 e. The van der Waals surface area contributed by atoms with Crippen LogP contribution >= 0.6 is 0 Å². The zero-order valence-corrected chi connectivity index (χ0v) is 10.4. The van der Waals surface area contributed by atoms with Gasteiger partial charge in [0.25, 0.3) is 0 Å². The minimum absolute atomic E-state index is 0.363. The van der Waals surface area contributed by atoms with E-state index in [4.69, 9.17) is 4.74 Å². The number of benzene rings is 1. The zero-order chi connectivity index (χ0) is 12.3. The molecule has 1 rings (SSSR count). The summed E-state index contributed by atoms with van der Waals surface area (Å²) in [5.41, 5.74) is 3.91. The zero-order valence-electron chi connectivity index (χ0n) is 10.4. The maximum Gasteiger partial charge on any atom is 0.338 e. The second-order valence-electron chi connectivity index (χ2n) is 4.01. The molecule has 1 aromatic carbocycles. The summed E-state index contributed by atoms with van der Waals surface area (Å²) >= 11 is 0. The molecule has 0 N–H and O–H groups in total. The van der Waals surface area contributed by atoms with Gasteiger partial charge in [-0.3, -0.25) is 0 Å². The third kappa shape index (κ3) is 2.51. The van der Waals surface area contributed by atoms with Crippen molar-refractivity contribution < 1.29 is 9.53 Å². The van der Waals surface area contributed by atoms with E-state index in [1.165, 1.54) is 11.1 Å². The highest BCUT2D eigenvalue weighted by Gasteiger charge is 2.11. The first-order valence-electron chi connectivity index (χ1n) is 5.44. The Labute approximate surface area is 96.9 Å². The van der Waals surface area contributed by atoms with Crippen molar-refractivity contribution in [1.82, 2.24) is 0 Å². The van der Waals surface area contributed by atoms with E-state index in [0.29, 0.717) is 11.3 Å². The molecule has 2 heteroatoms. The number of rotatable bonds is 3. The van der Waals surface area contributed by atoms with Crippen molar-refractivity contribution in [3.63, 3.8) is 0 Å². The Morgan fingerprint density at radius 1 is 1.38 bits per heavy atom. The molecule has 0 amide bonds. The van der Waals surface area contributed by atoms with Gasteiger partial charge in [0.15, 0.2) is 0 Å². The Morgan fingerprint density at radius 3 is 2.50 bits per heavy atom. The van der Waals surface area contributed by atoms with Gasteiger partial charge in [-0.05, 0) is 49.9 Å². The van der Waals surface area contributed by atoms with Crippen LogP contribution in [-0.2, 0) is 11.2 Å². The third-order valence-corrected chi connectivity index (χ3v) is 2.73. The van der Waals surface area contributed by atoms with Crippen LogP contribution in [-0.4, -0.2) is 5.97 Å². The lowest BCUT2D eigenvalue weighted by Gasteiger charge is -2.13. The molecule has 1 aromatic rings. The SMILES string of the molecule is C=C(C)C(=O)Oc1ccc(C)c(C)c1CC. The van der Waals surface area contributed by atoms with E-state index < -0.39 is 0 Å². The third-order valence-electron chi connectivity index (χ3n) is 2.73. The predicted molar refractivity (Wildman–Crippen MR) is 65.7 cm³/mol. The molecule has 0 heterocycles. The van der Waals surface area contributed by atoms with Crippen LogP contribution in [0.3, 0.4) is 0 Å². The van der Waals surface area contributed by atoms with Gasteiger partial charge in [-0.15, -0.1) is 0 Å². The van der Waals surface area contributed by atoms with Gasteiger partial charge in [0.1, 0.15) is 5.75 Å².